The number of hydrogen-bond donors (Lipinski definition) is 0. The summed E-state index contributed by atoms with van der Waals surface area (Å²) in [4.78, 5) is 25.5. The van der Waals surface area contributed by atoms with Gasteiger partial charge in [0.1, 0.15) is 0 Å². The van der Waals surface area contributed by atoms with Crippen LogP contribution in [0.5, 0.6) is 0 Å². The number of ether oxygens (including phenoxy) is 2. The first-order valence-electron chi connectivity index (χ1n) is 11.8. The standard InChI is InChI=1S/C28H24O4/c1-31-27(29)25-21-15-11-7-3-4-8-12(11)16(22(21)25)20-18-14-10-6-5-9-13(14)17(19(15)20)23-24(18)26(23)28(30)32-2/h3-10,15-18,21-26H,1-2H3/t15-,16-,17-,18+,21+,22-,23+,24-,25?,26?/m1/s1. The first kappa shape index (κ1) is 17.6. The number of carbonyl (C=O) groups is 2. The third-order valence-corrected chi connectivity index (χ3v) is 9.76. The first-order valence-corrected chi connectivity index (χ1v) is 11.8. The summed E-state index contributed by atoms with van der Waals surface area (Å²) >= 11 is 0. The molecule has 2 aromatic rings. The molecular formula is C28H24O4. The topological polar surface area (TPSA) is 52.6 Å². The molecule has 4 heteroatoms. The van der Waals surface area contributed by atoms with Crippen molar-refractivity contribution in [1.82, 2.24) is 0 Å². The first-order chi connectivity index (χ1) is 15.7. The van der Waals surface area contributed by atoms with E-state index in [2.05, 4.69) is 48.5 Å². The normalized spacial score (nSPS) is 42.2. The van der Waals surface area contributed by atoms with E-state index in [9.17, 15) is 9.59 Å². The lowest BCUT2D eigenvalue weighted by molar-refractivity contribution is -0.143. The Kier molecular flexibility index (Phi) is 3.05. The molecule has 0 radical (unpaired) electrons. The van der Waals surface area contributed by atoms with Crippen LogP contribution >= 0.6 is 0 Å². The van der Waals surface area contributed by atoms with Crippen LogP contribution in [0.4, 0.5) is 0 Å². The maximum atomic E-state index is 12.8. The molecule has 0 amide bonds. The highest BCUT2D eigenvalue weighted by Gasteiger charge is 2.77. The molecule has 2 saturated carbocycles. The van der Waals surface area contributed by atoms with Crippen molar-refractivity contribution in [3.05, 3.63) is 81.9 Å². The summed E-state index contributed by atoms with van der Waals surface area (Å²) in [7, 11) is 3.04. The van der Waals surface area contributed by atoms with Gasteiger partial charge in [0.25, 0.3) is 0 Å². The summed E-state index contributed by atoms with van der Waals surface area (Å²) in [5.74, 6) is 2.27. The summed E-state index contributed by atoms with van der Waals surface area (Å²) in [6.07, 6.45) is 0. The lowest BCUT2D eigenvalue weighted by Gasteiger charge is -2.52. The van der Waals surface area contributed by atoms with Gasteiger partial charge in [-0.25, -0.2) is 0 Å². The number of allylic oxidation sites excluding steroid dienone is 2. The second-order valence-corrected chi connectivity index (χ2v) is 10.5. The van der Waals surface area contributed by atoms with Crippen molar-refractivity contribution < 1.29 is 19.1 Å². The second-order valence-electron chi connectivity index (χ2n) is 10.5. The van der Waals surface area contributed by atoms with E-state index in [1.807, 2.05) is 0 Å². The van der Waals surface area contributed by atoms with Gasteiger partial charge in [0.05, 0.1) is 26.1 Å². The van der Waals surface area contributed by atoms with Gasteiger partial charge in [0.15, 0.2) is 0 Å². The van der Waals surface area contributed by atoms with Gasteiger partial charge in [-0.2, -0.15) is 0 Å². The number of carbonyl (C=O) groups excluding carboxylic acids is 2. The molecule has 2 aromatic carbocycles. The Morgan fingerprint density at radius 1 is 0.562 bits per heavy atom. The fourth-order valence-corrected chi connectivity index (χ4v) is 8.93. The third-order valence-electron chi connectivity index (χ3n) is 9.76. The molecule has 0 saturated heterocycles. The van der Waals surface area contributed by atoms with E-state index in [1.54, 1.807) is 0 Å². The van der Waals surface area contributed by atoms with Crippen LogP contribution in [0.25, 0.3) is 0 Å². The van der Waals surface area contributed by atoms with Crippen molar-refractivity contribution in [2.75, 3.05) is 14.2 Å². The summed E-state index contributed by atoms with van der Waals surface area (Å²) < 4.78 is 10.5. The molecule has 0 heterocycles. The van der Waals surface area contributed by atoms with Crippen molar-refractivity contribution in [2.24, 2.45) is 35.5 Å². The van der Waals surface area contributed by atoms with E-state index < -0.39 is 0 Å². The Labute approximate surface area is 186 Å². The van der Waals surface area contributed by atoms with Crippen LogP contribution in [0.1, 0.15) is 45.9 Å². The molecule has 4 bridgehead atoms. The van der Waals surface area contributed by atoms with Crippen molar-refractivity contribution in [1.29, 1.82) is 0 Å². The predicted octanol–water partition coefficient (Wildman–Crippen LogP) is 4.14. The Morgan fingerprint density at radius 2 is 0.844 bits per heavy atom. The minimum absolute atomic E-state index is 0.0109. The van der Waals surface area contributed by atoms with E-state index in [1.165, 1.54) is 47.6 Å². The van der Waals surface area contributed by atoms with Gasteiger partial charge in [-0.3, -0.25) is 9.59 Å². The number of methoxy groups -OCH3 is 2. The minimum atomic E-state index is -0.0508. The number of rotatable bonds is 2. The van der Waals surface area contributed by atoms with Crippen molar-refractivity contribution >= 4 is 11.9 Å². The van der Waals surface area contributed by atoms with E-state index in [-0.39, 0.29) is 47.4 Å². The highest BCUT2D eigenvalue weighted by Crippen LogP contribution is 2.82. The largest absolute Gasteiger partial charge is 0.469 e. The smallest absolute Gasteiger partial charge is 0.309 e. The van der Waals surface area contributed by atoms with Crippen LogP contribution < -0.4 is 0 Å². The minimum Gasteiger partial charge on any atom is -0.469 e. The Morgan fingerprint density at radius 3 is 1.09 bits per heavy atom. The van der Waals surface area contributed by atoms with Gasteiger partial charge in [-0.15, -0.1) is 0 Å². The van der Waals surface area contributed by atoms with E-state index in [4.69, 9.17) is 9.47 Å². The molecule has 8 aliphatic carbocycles. The molecule has 0 aromatic heterocycles. The summed E-state index contributed by atoms with van der Waals surface area (Å²) in [5.41, 5.74) is 8.69. The lowest BCUT2D eigenvalue weighted by atomic mass is 9.51. The zero-order valence-electron chi connectivity index (χ0n) is 18.0. The monoisotopic (exact) mass is 424 g/mol. The van der Waals surface area contributed by atoms with Crippen LogP contribution in [0, 0.1) is 35.5 Å². The van der Waals surface area contributed by atoms with Crippen LogP contribution in [-0.2, 0) is 19.1 Å². The zero-order chi connectivity index (χ0) is 21.5. The van der Waals surface area contributed by atoms with Crippen LogP contribution in [0.3, 0.4) is 0 Å². The molecule has 2 unspecified atom stereocenters. The molecule has 32 heavy (non-hydrogen) atoms. The molecule has 8 aliphatic rings. The SMILES string of the molecule is COC(=O)C1[C@@H]2[C@H]1[C@@H]1C3=C([C@H]2c2ccccc21)[C@H]1c2ccccc2[C@H]3[C@H]2C(C(=O)OC)[C@H]21. The molecule has 10 rings (SSSR count). The lowest BCUT2D eigenvalue weighted by Crippen LogP contribution is -2.39. The highest BCUT2D eigenvalue weighted by atomic mass is 16.5. The van der Waals surface area contributed by atoms with Crippen molar-refractivity contribution in [3.8, 4) is 0 Å². The maximum Gasteiger partial charge on any atom is 0.309 e. The summed E-state index contributed by atoms with van der Waals surface area (Å²) in [6.45, 7) is 0. The number of hydrogen-bond acceptors (Lipinski definition) is 4. The van der Waals surface area contributed by atoms with Gasteiger partial charge < -0.3 is 9.47 Å². The predicted molar refractivity (Wildman–Crippen MR) is 116 cm³/mol. The second kappa shape index (κ2) is 5.54. The quantitative estimate of drug-likeness (QED) is 0.537. The Bertz CT molecular complexity index is 1100. The fourth-order valence-electron chi connectivity index (χ4n) is 8.93. The molecule has 0 aliphatic heterocycles. The Hall–Kier alpha value is -2.88. The average Bonchev–Trinajstić information content (AvgIpc) is 3.75. The molecule has 10 atom stereocenters. The highest BCUT2D eigenvalue weighted by molar-refractivity contribution is 5.83. The van der Waals surface area contributed by atoms with Gasteiger partial charge in [0, 0.05) is 23.7 Å². The van der Waals surface area contributed by atoms with Gasteiger partial charge in [-0.1, -0.05) is 59.7 Å². The average molecular weight is 424 g/mol. The summed E-state index contributed by atoms with van der Waals surface area (Å²) in [5, 5.41) is 0. The number of benzene rings is 2. The Balaban J connectivity index is 1.36. The third kappa shape index (κ3) is 1.74. The molecule has 0 N–H and O–H groups in total. The molecular weight excluding hydrogens is 400 g/mol. The fraction of sp³-hybridized carbons (Fsp3) is 0.429. The molecule has 2 fully saturated rings. The van der Waals surface area contributed by atoms with E-state index >= 15 is 0 Å². The number of esters is 2. The summed E-state index contributed by atoms with van der Waals surface area (Å²) in [6, 6.07) is 17.6. The van der Waals surface area contributed by atoms with Crippen molar-refractivity contribution in [3.63, 3.8) is 0 Å². The molecule has 160 valence electrons. The van der Waals surface area contributed by atoms with E-state index in [0.29, 0.717) is 23.7 Å². The van der Waals surface area contributed by atoms with Gasteiger partial charge in [0.2, 0.25) is 0 Å². The molecule has 0 spiro atoms. The van der Waals surface area contributed by atoms with E-state index in [0.717, 1.165) is 0 Å². The van der Waals surface area contributed by atoms with Crippen LogP contribution in [0.15, 0.2) is 59.7 Å². The van der Waals surface area contributed by atoms with Crippen molar-refractivity contribution in [2.45, 2.75) is 23.7 Å². The maximum absolute atomic E-state index is 12.8. The zero-order valence-corrected chi connectivity index (χ0v) is 18.0. The van der Waals surface area contributed by atoms with Gasteiger partial charge in [-0.05, 0) is 45.9 Å². The van der Waals surface area contributed by atoms with Gasteiger partial charge >= 0.3 is 11.9 Å². The van der Waals surface area contributed by atoms with Crippen LogP contribution in [-0.4, -0.2) is 26.2 Å². The van der Waals surface area contributed by atoms with Crippen LogP contribution in [0.2, 0.25) is 0 Å². The molecule has 4 nitrogen and oxygen atoms in total.